The molecule has 3 rings (SSSR count). The Labute approximate surface area is 120 Å². The van der Waals surface area contributed by atoms with Crippen LogP contribution in [0.25, 0.3) is 0 Å². The van der Waals surface area contributed by atoms with Gasteiger partial charge < -0.3 is 20.1 Å². The van der Waals surface area contributed by atoms with Crippen molar-refractivity contribution in [1.82, 2.24) is 10.2 Å². The van der Waals surface area contributed by atoms with Crippen molar-refractivity contribution in [3.8, 4) is 0 Å². The molecule has 1 spiro atoms. The summed E-state index contributed by atoms with van der Waals surface area (Å²) in [6.45, 7) is 3.64. The van der Waals surface area contributed by atoms with Gasteiger partial charge in [-0.2, -0.15) is 0 Å². The average molecular weight is 282 g/mol. The molecule has 0 aromatic rings. The largest absolute Gasteiger partial charge is 0.394 e. The number of ether oxygens (including phenoxy) is 1. The van der Waals surface area contributed by atoms with Crippen LogP contribution < -0.4 is 5.32 Å². The quantitative estimate of drug-likeness (QED) is 0.821. The first kappa shape index (κ1) is 14.1. The Balaban J connectivity index is 1.57. The molecule has 2 amide bonds. The van der Waals surface area contributed by atoms with E-state index in [0.717, 1.165) is 32.4 Å². The second-order valence-electron chi connectivity index (χ2n) is 6.44. The number of nitrogens with zero attached hydrogens (tertiary/aromatic N) is 1. The van der Waals surface area contributed by atoms with Gasteiger partial charge in [0.25, 0.3) is 0 Å². The Morgan fingerprint density at radius 1 is 1.45 bits per heavy atom. The Hall–Kier alpha value is -0.810. The molecule has 3 fully saturated rings. The van der Waals surface area contributed by atoms with Gasteiger partial charge in [-0.05, 0) is 39.0 Å². The van der Waals surface area contributed by atoms with Gasteiger partial charge in [-0.25, -0.2) is 4.79 Å². The van der Waals surface area contributed by atoms with E-state index in [1.54, 1.807) is 4.90 Å². The zero-order valence-electron chi connectivity index (χ0n) is 12.3. The number of aliphatic hydroxyl groups excluding tert-OH is 1. The van der Waals surface area contributed by atoms with Crippen molar-refractivity contribution in [3.63, 3.8) is 0 Å². The highest BCUT2D eigenvalue weighted by molar-refractivity contribution is 5.75. The van der Waals surface area contributed by atoms with Gasteiger partial charge in [0, 0.05) is 24.6 Å². The molecule has 20 heavy (non-hydrogen) atoms. The van der Waals surface area contributed by atoms with Crippen LogP contribution >= 0.6 is 0 Å². The van der Waals surface area contributed by atoms with Crippen LogP contribution in [0.1, 0.15) is 45.4 Å². The number of amides is 2. The van der Waals surface area contributed by atoms with E-state index in [1.165, 1.54) is 19.3 Å². The Kier molecular flexibility index (Phi) is 3.91. The lowest BCUT2D eigenvalue weighted by Gasteiger charge is -2.61. The van der Waals surface area contributed by atoms with E-state index in [1.807, 2.05) is 6.92 Å². The molecule has 3 aliphatic rings. The maximum absolute atomic E-state index is 12.4. The third-order valence-corrected chi connectivity index (χ3v) is 5.58. The number of hydrogen-bond donors (Lipinski definition) is 2. The summed E-state index contributed by atoms with van der Waals surface area (Å²) < 4.78 is 5.81. The lowest BCUT2D eigenvalue weighted by molar-refractivity contribution is -0.170. The van der Waals surface area contributed by atoms with Crippen molar-refractivity contribution in [2.75, 3.05) is 19.8 Å². The van der Waals surface area contributed by atoms with Crippen LogP contribution in [0.4, 0.5) is 4.79 Å². The molecular weight excluding hydrogens is 256 g/mol. The summed E-state index contributed by atoms with van der Waals surface area (Å²) in [5, 5.41) is 12.5. The zero-order valence-corrected chi connectivity index (χ0v) is 12.3. The molecule has 0 aromatic carbocycles. The summed E-state index contributed by atoms with van der Waals surface area (Å²) in [5.74, 6) is 0. The normalized spacial score (nSPS) is 34.7. The predicted octanol–water partition coefficient (Wildman–Crippen LogP) is 1.50. The smallest absolute Gasteiger partial charge is 0.317 e. The van der Waals surface area contributed by atoms with E-state index >= 15 is 0 Å². The highest BCUT2D eigenvalue weighted by Gasteiger charge is 2.59. The topological polar surface area (TPSA) is 61.8 Å². The van der Waals surface area contributed by atoms with Crippen molar-refractivity contribution in [2.24, 2.45) is 5.41 Å². The van der Waals surface area contributed by atoms with Gasteiger partial charge in [0.1, 0.15) is 0 Å². The first-order valence-corrected chi connectivity index (χ1v) is 8.01. The second kappa shape index (κ2) is 5.53. The van der Waals surface area contributed by atoms with Gasteiger partial charge >= 0.3 is 6.03 Å². The number of carbonyl (C=O) groups excluding carboxylic acids is 1. The van der Waals surface area contributed by atoms with Crippen molar-refractivity contribution in [1.29, 1.82) is 0 Å². The Morgan fingerprint density at radius 2 is 2.25 bits per heavy atom. The lowest BCUT2D eigenvalue weighted by atomic mass is 9.51. The summed E-state index contributed by atoms with van der Waals surface area (Å²) in [7, 11) is 0. The van der Waals surface area contributed by atoms with Crippen LogP contribution in [0.15, 0.2) is 0 Å². The molecule has 1 saturated heterocycles. The minimum Gasteiger partial charge on any atom is -0.394 e. The highest BCUT2D eigenvalue weighted by atomic mass is 16.5. The molecular formula is C15H26N2O3. The molecule has 114 valence electrons. The van der Waals surface area contributed by atoms with Crippen LogP contribution in [-0.2, 0) is 4.74 Å². The number of hydrogen-bond acceptors (Lipinski definition) is 3. The number of urea groups is 1. The molecule has 5 heteroatoms. The average Bonchev–Trinajstić information content (AvgIpc) is 2.83. The predicted molar refractivity (Wildman–Crippen MR) is 75.4 cm³/mol. The number of rotatable bonds is 4. The molecule has 2 saturated carbocycles. The third-order valence-electron chi connectivity index (χ3n) is 5.58. The molecule has 2 aliphatic carbocycles. The first-order valence-electron chi connectivity index (χ1n) is 8.01. The summed E-state index contributed by atoms with van der Waals surface area (Å²) in [4.78, 5) is 14.2. The maximum Gasteiger partial charge on any atom is 0.317 e. The van der Waals surface area contributed by atoms with Crippen molar-refractivity contribution in [3.05, 3.63) is 0 Å². The van der Waals surface area contributed by atoms with E-state index in [9.17, 15) is 9.90 Å². The first-order chi connectivity index (χ1) is 9.71. The van der Waals surface area contributed by atoms with Gasteiger partial charge in [0.15, 0.2) is 0 Å². The van der Waals surface area contributed by atoms with Gasteiger partial charge in [0.2, 0.25) is 0 Å². The van der Waals surface area contributed by atoms with Crippen molar-refractivity contribution < 1.29 is 14.6 Å². The minimum atomic E-state index is 0.00720. The number of aliphatic hydroxyl groups is 1. The Bertz CT molecular complexity index is 370. The molecule has 0 radical (unpaired) electrons. The SMILES string of the molecule is CCOC1CC(NC(=O)N2CCC[C@H]2CO)C12CCC2. The van der Waals surface area contributed by atoms with Crippen LogP contribution in [0.5, 0.6) is 0 Å². The van der Waals surface area contributed by atoms with E-state index in [2.05, 4.69) is 5.32 Å². The maximum atomic E-state index is 12.4. The fourth-order valence-corrected chi connectivity index (χ4v) is 4.17. The molecule has 1 aliphatic heterocycles. The van der Waals surface area contributed by atoms with E-state index in [0.29, 0.717) is 6.10 Å². The van der Waals surface area contributed by atoms with Gasteiger partial charge in [-0.1, -0.05) is 6.42 Å². The number of likely N-dealkylation sites (tertiary alicyclic amines) is 1. The minimum absolute atomic E-state index is 0.00720. The lowest BCUT2D eigenvalue weighted by Crippen LogP contribution is -2.68. The van der Waals surface area contributed by atoms with Crippen LogP contribution in [0.3, 0.4) is 0 Å². The van der Waals surface area contributed by atoms with Gasteiger partial charge in [-0.15, -0.1) is 0 Å². The standard InChI is InChI=1S/C15H26N2O3/c1-2-20-13-9-12(15(13)6-4-7-15)16-14(19)17-8-3-5-11(17)10-18/h11-13,18H,2-10H2,1H3,(H,16,19)/t11-,12?,13?/m0/s1. The van der Waals surface area contributed by atoms with Crippen molar-refractivity contribution in [2.45, 2.75) is 63.6 Å². The molecule has 0 bridgehead atoms. The summed E-state index contributed by atoms with van der Waals surface area (Å²) in [6.07, 6.45) is 6.78. The highest BCUT2D eigenvalue weighted by Crippen LogP contribution is 2.57. The van der Waals surface area contributed by atoms with Gasteiger partial charge in [-0.3, -0.25) is 0 Å². The molecule has 0 aromatic heterocycles. The van der Waals surface area contributed by atoms with Crippen LogP contribution in [-0.4, -0.2) is 54.0 Å². The van der Waals surface area contributed by atoms with Crippen molar-refractivity contribution >= 4 is 6.03 Å². The van der Waals surface area contributed by atoms with Crippen LogP contribution in [0, 0.1) is 5.41 Å². The van der Waals surface area contributed by atoms with Gasteiger partial charge in [0.05, 0.1) is 18.8 Å². The number of carbonyl (C=O) groups is 1. The molecule has 2 unspecified atom stereocenters. The van der Waals surface area contributed by atoms with E-state index in [-0.39, 0.29) is 30.1 Å². The number of nitrogens with one attached hydrogen (secondary N) is 1. The Morgan fingerprint density at radius 3 is 2.85 bits per heavy atom. The third kappa shape index (κ3) is 2.11. The van der Waals surface area contributed by atoms with Crippen LogP contribution in [0.2, 0.25) is 0 Å². The molecule has 5 nitrogen and oxygen atoms in total. The monoisotopic (exact) mass is 282 g/mol. The zero-order chi connectivity index (χ0) is 14.2. The summed E-state index contributed by atoms with van der Waals surface area (Å²) in [5.41, 5.74) is 0.208. The fraction of sp³-hybridized carbons (Fsp3) is 0.933. The van der Waals surface area contributed by atoms with E-state index < -0.39 is 0 Å². The second-order valence-corrected chi connectivity index (χ2v) is 6.44. The molecule has 2 N–H and O–H groups in total. The summed E-state index contributed by atoms with van der Waals surface area (Å²) in [6, 6.07) is 0.281. The molecule has 3 atom stereocenters. The van der Waals surface area contributed by atoms with E-state index in [4.69, 9.17) is 4.74 Å². The molecule has 1 heterocycles. The summed E-state index contributed by atoms with van der Waals surface area (Å²) >= 11 is 0. The fourth-order valence-electron chi connectivity index (χ4n) is 4.17.